The van der Waals surface area contributed by atoms with Gasteiger partial charge in [-0.1, -0.05) is 62.5 Å². The second kappa shape index (κ2) is 11.0. The van der Waals surface area contributed by atoms with Crippen LogP contribution >= 0.6 is 11.3 Å². The minimum atomic E-state index is -0.187. The standard InChI is InChI=1S/C22H29N5O2S/c1-3-4-5-6-7-8-12-19-25-26-22(30-19)24-18(28)13-14-27-15-23-20-16(2)10-9-11-17(20)21(27)29/h9-11,15H,3-8,12-14H2,1-2H3,(H,24,26,28). The van der Waals surface area contributed by atoms with Gasteiger partial charge in [0, 0.05) is 19.4 Å². The van der Waals surface area contributed by atoms with Crippen molar-refractivity contribution in [2.75, 3.05) is 5.32 Å². The summed E-state index contributed by atoms with van der Waals surface area (Å²) < 4.78 is 1.48. The number of carbonyl (C=O) groups excluding carboxylic acids is 1. The molecule has 0 atom stereocenters. The number of nitrogens with one attached hydrogen (secondary N) is 1. The average Bonchev–Trinajstić information content (AvgIpc) is 3.18. The summed E-state index contributed by atoms with van der Waals surface area (Å²) in [5.41, 5.74) is 1.53. The average molecular weight is 428 g/mol. The Bertz CT molecular complexity index is 1040. The quantitative estimate of drug-likeness (QED) is 0.456. The van der Waals surface area contributed by atoms with Crippen LogP contribution in [0.15, 0.2) is 29.3 Å². The minimum absolute atomic E-state index is 0.131. The van der Waals surface area contributed by atoms with Crippen molar-refractivity contribution in [2.45, 2.75) is 71.8 Å². The van der Waals surface area contributed by atoms with Gasteiger partial charge in [-0.05, 0) is 25.0 Å². The van der Waals surface area contributed by atoms with Crippen molar-refractivity contribution in [2.24, 2.45) is 0 Å². The molecule has 0 radical (unpaired) electrons. The van der Waals surface area contributed by atoms with Crippen LogP contribution in [0.3, 0.4) is 0 Å². The monoisotopic (exact) mass is 427 g/mol. The molecule has 0 aliphatic carbocycles. The van der Waals surface area contributed by atoms with E-state index in [9.17, 15) is 9.59 Å². The Morgan fingerprint density at radius 3 is 2.77 bits per heavy atom. The van der Waals surface area contributed by atoms with Crippen molar-refractivity contribution in [3.63, 3.8) is 0 Å². The van der Waals surface area contributed by atoms with Crippen LogP contribution < -0.4 is 10.9 Å². The molecule has 0 saturated carbocycles. The number of hydrogen-bond donors (Lipinski definition) is 1. The molecule has 0 fully saturated rings. The third-order valence-corrected chi connectivity index (χ3v) is 5.99. The number of aryl methyl sites for hydroxylation is 3. The normalized spacial score (nSPS) is 11.1. The zero-order chi connectivity index (χ0) is 21.3. The second-order valence-electron chi connectivity index (χ2n) is 7.53. The van der Waals surface area contributed by atoms with Crippen molar-refractivity contribution in [3.05, 3.63) is 45.5 Å². The van der Waals surface area contributed by atoms with Crippen molar-refractivity contribution in [1.82, 2.24) is 19.7 Å². The molecule has 7 nitrogen and oxygen atoms in total. The lowest BCUT2D eigenvalue weighted by Gasteiger charge is -2.07. The molecule has 0 aliphatic heterocycles. The van der Waals surface area contributed by atoms with E-state index in [1.165, 1.54) is 54.3 Å². The van der Waals surface area contributed by atoms with Crippen LogP contribution in [0, 0.1) is 6.92 Å². The predicted octanol–water partition coefficient (Wildman–Crippen LogP) is 4.49. The maximum atomic E-state index is 12.6. The number of anilines is 1. The number of hydrogen-bond acceptors (Lipinski definition) is 6. The summed E-state index contributed by atoms with van der Waals surface area (Å²) in [6.07, 6.45) is 10.00. The van der Waals surface area contributed by atoms with Crippen molar-refractivity contribution in [3.8, 4) is 0 Å². The van der Waals surface area contributed by atoms with Gasteiger partial charge in [0.1, 0.15) is 5.01 Å². The first-order valence-electron chi connectivity index (χ1n) is 10.7. The third kappa shape index (κ3) is 5.95. The topological polar surface area (TPSA) is 89.8 Å². The van der Waals surface area contributed by atoms with E-state index in [-0.39, 0.29) is 24.4 Å². The molecule has 0 unspecified atom stereocenters. The van der Waals surface area contributed by atoms with E-state index in [1.807, 2.05) is 19.1 Å². The number of benzene rings is 1. The molecule has 0 aliphatic rings. The van der Waals surface area contributed by atoms with Gasteiger partial charge >= 0.3 is 0 Å². The van der Waals surface area contributed by atoms with E-state index in [0.717, 1.165) is 23.4 Å². The van der Waals surface area contributed by atoms with E-state index in [2.05, 4.69) is 27.4 Å². The van der Waals surface area contributed by atoms with Gasteiger partial charge in [0.25, 0.3) is 5.56 Å². The number of carbonyl (C=O) groups is 1. The van der Waals surface area contributed by atoms with Crippen molar-refractivity contribution < 1.29 is 4.79 Å². The van der Waals surface area contributed by atoms with Gasteiger partial charge in [0.2, 0.25) is 11.0 Å². The Balaban J connectivity index is 1.47. The summed E-state index contributed by atoms with van der Waals surface area (Å²) in [6, 6.07) is 5.53. The summed E-state index contributed by atoms with van der Waals surface area (Å²) in [5, 5.41) is 13.1. The molecule has 3 rings (SSSR count). The highest BCUT2D eigenvalue weighted by molar-refractivity contribution is 7.15. The molecule has 2 heterocycles. The molecule has 0 saturated heterocycles. The number of fused-ring (bicyclic) bond motifs is 1. The Hall–Kier alpha value is -2.61. The lowest BCUT2D eigenvalue weighted by molar-refractivity contribution is -0.116. The summed E-state index contributed by atoms with van der Waals surface area (Å²) in [4.78, 5) is 29.3. The number of nitrogens with zero attached hydrogens (tertiary/aromatic N) is 4. The summed E-state index contributed by atoms with van der Waals surface area (Å²) in [7, 11) is 0. The van der Waals surface area contributed by atoms with Gasteiger partial charge in [-0.3, -0.25) is 14.2 Å². The van der Waals surface area contributed by atoms with Crippen molar-refractivity contribution >= 4 is 33.3 Å². The van der Waals surface area contributed by atoms with Gasteiger partial charge in [-0.2, -0.15) is 0 Å². The van der Waals surface area contributed by atoms with Crippen LogP contribution in [-0.2, 0) is 17.8 Å². The van der Waals surface area contributed by atoms with E-state index in [1.54, 1.807) is 6.07 Å². The number of rotatable bonds is 11. The Kier molecular flexibility index (Phi) is 8.07. The Labute approximate surface area is 180 Å². The van der Waals surface area contributed by atoms with Crippen LogP contribution in [0.5, 0.6) is 0 Å². The van der Waals surface area contributed by atoms with Crippen LogP contribution in [0.4, 0.5) is 5.13 Å². The van der Waals surface area contributed by atoms with Gasteiger partial charge in [-0.25, -0.2) is 4.98 Å². The van der Waals surface area contributed by atoms with Gasteiger partial charge < -0.3 is 5.32 Å². The highest BCUT2D eigenvalue weighted by Gasteiger charge is 2.10. The lowest BCUT2D eigenvalue weighted by atomic mass is 10.1. The first-order chi connectivity index (χ1) is 14.6. The fourth-order valence-electron chi connectivity index (χ4n) is 3.36. The summed E-state index contributed by atoms with van der Waals surface area (Å²) in [6.45, 7) is 4.41. The van der Waals surface area contributed by atoms with E-state index >= 15 is 0 Å². The number of amides is 1. The highest BCUT2D eigenvalue weighted by Crippen LogP contribution is 2.18. The molecule has 160 valence electrons. The zero-order valence-corrected chi connectivity index (χ0v) is 18.5. The number of unbranched alkanes of at least 4 members (excludes halogenated alkanes) is 5. The molecule has 2 aromatic heterocycles. The van der Waals surface area contributed by atoms with E-state index in [0.29, 0.717) is 16.0 Å². The fraction of sp³-hybridized carbons (Fsp3) is 0.500. The molecule has 1 amide bonds. The highest BCUT2D eigenvalue weighted by atomic mass is 32.1. The first-order valence-corrected chi connectivity index (χ1v) is 11.5. The summed E-state index contributed by atoms with van der Waals surface area (Å²) in [5.74, 6) is -0.187. The molecule has 8 heteroatoms. The fourth-order valence-corrected chi connectivity index (χ4v) is 4.16. The van der Waals surface area contributed by atoms with Crippen LogP contribution in [0.1, 0.15) is 62.4 Å². The van der Waals surface area contributed by atoms with Crippen LogP contribution in [0.2, 0.25) is 0 Å². The molecule has 3 aromatic rings. The van der Waals surface area contributed by atoms with E-state index < -0.39 is 0 Å². The SMILES string of the molecule is CCCCCCCCc1nnc(NC(=O)CCn2cnc3c(C)cccc3c2=O)s1. The van der Waals surface area contributed by atoms with Gasteiger partial charge in [0.15, 0.2) is 0 Å². The molecule has 1 N–H and O–H groups in total. The minimum Gasteiger partial charge on any atom is -0.300 e. The van der Waals surface area contributed by atoms with Gasteiger partial charge in [0.05, 0.1) is 17.2 Å². The van der Waals surface area contributed by atoms with E-state index in [4.69, 9.17) is 0 Å². The summed E-state index contributed by atoms with van der Waals surface area (Å²) >= 11 is 1.42. The lowest BCUT2D eigenvalue weighted by Crippen LogP contribution is -2.23. The smallest absolute Gasteiger partial charge is 0.261 e. The predicted molar refractivity (Wildman–Crippen MR) is 121 cm³/mol. The maximum Gasteiger partial charge on any atom is 0.261 e. The second-order valence-corrected chi connectivity index (χ2v) is 8.59. The number of para-hydroxylation sites is 1. The van der Waals surface area contributed by atoms with Crippen LogP contribution in [-0.4, -0.2) is 25.7 Å². The largest absolute Gasteiger partial charge is 0.300 e. The first kappa shape index (κ1) is 22.1. The molecule has 30 heavy (non-hydrogen) atoms. The number of aromatic nitrogens is 4. The third-order valence-electron chi connectivity index (χ3n) is 5.09. The van der Waals surface area contributed by atoms with Gasteiger partial charge in [-0.15, -0.1) is 10.2 Å². The molecule has 0 bridgehead atoms. The van der Waals surface area contributed by atoms with Crippen molar-refractivity contribution in [1.29, 1.82) is 0 Å². The Morgan fingerprint density at radius 2 is 1.93 bits per heavy atom. The Morgan fingerprint density at radius 1 is 1.13 bits per heavy atom. The maximum absolute atomic E-state index is 12.6. The zero-order valence-electron chi connectivity index (χ0n) is 17.7. The van der Waals surface area contributed by atoms with Crippen LogP contribution in [0.25, 0.3) is 10.9 Å². The molecular weight excluding hydrogens is 398 g/mol. The molecule has 1 aromatic carbocycles. The molecule has 0 spiro atoms. The molecular formula is C22H29N5O2S.